The van der Waals surface area contributed by atoms with Crippen LogP contribution in [-0.4, -0.2) is 16.2 Å². The van der Waals surface area contributed by atoms with Gasteiger partial charge in [0.2, 0.25) is 12.3 Å². The van der Waals surface area contributed by atoms with Gasteiger partial charge in [-0.2, -0.15) is 0 Å². The first kappa shape index (κ1) is 10.3. The predicted molar refractivity (Wildman–Crippen MR) is 65.5 cm³/mol. The van der Waals surface area contributed by atoms with Gasteiger partial charge in [-0.05, 0) is 43.0 Å². The number of nitrogens with zero attached hydrogens (tertiary/aromatic N) is 2. The van der Waals surface area contributed by atoms with Crippen molar-refractivity contribution in [1.82, 2.24) is 10.2 Å². The van der Waals surface area contributed by atoms with Crippen molar-refractivity contribution in [1.29, 1.82) is 0 Å². The third-order valence-corrected chi connectivity index (χ3v) is 3.24. The van der Waals surface area contributed by atoms with E-state index in [1.165, 1.54) is 19.2 Å². The monoisotopic (exact) mass is 229 g/mol. The maximum atomic E-state index is 5.14. The molecule has 3 rings (SSSR count). The van der Waals surface area contributed by atoms with E-state index in [0.717, 1.165) is 17.2 Å². The highest BCUT2D eigenvalue weighted by Gasteiger charge is 2.24. The van der Waals surface area contributed by atoms with E-state index >= 15 is 0 Å². The summed E-state index contributed by atoms with van der Waals surface area (Å²) in [6, 6.07) is 8.75. The zero-order chi connectivity index (χ0) is 11.7. The van der Waals surface area contributed by atoms with Gasteiger partial charge in [0.15, 0.2) is 0 Å². The minimum Gasteiger partial charge on any atom is -0.423 e. The molecule has 1 heterocycles. The molecule has 0 aliphatic heterocycles. The lowest BCUT2D eigenvalue weighted by Gasteiger charge is -2.34. The van der Waals surface area contributed by atoms with Crippen LogP contribution in [0.1, 0.15) is 19.8 Å². The summed E-state index contributed by atoms with van der Waals surface area (Å²) in [4.78, 5) is 0. The van der Waals surface area contributed by atoms with Crippen LogP contribution in [-0.2, 0) is 0 Å². The predicted octanol–water partition coefficient (Wildman–Crippen LogP) is 2.95. The van der Waals surface area contributed by atoms with Gasteiger partial charge in [0.25, 0.3) is 0 Å². The van der Waals surface area contributed by atoms with Crippen LogP contribution < -0.4 is 5.32 Å². The quantitative estimate of drug-likeness (QED) is 0.879. The van der Waals surface area contributed by atoms with Crippen molar-refractivity contribution >= 4 is 5.69 Å². The Bertz CT molecular complexity index is 472. The molecule has 0 bridgehead atoms. The first-order valence-electron chi connectivity index (χ1n) is 5.94. The van der Waals surface area contributed by atoms with Crippen LogP contribution in [0.25, 0.3) is 11.5 Å². The second-order valence-corrected chi connectivity index (χ2v) is 4.74. The lowest BCUT2D eigenvalue weighted by Crippen LogP contribution is -2.33. The van der Waals surface area contributed by atoms with E-state index in [0.29, 0.717) is 11.9 Å². The summed E-state index contributed by atoms with van der Waals surface area (Å²) in [5.74, 6) is 1.43. The van der Waals surface area contributed by atoms with Crippen LogP contribution in [0.5, 0.6) is 0 Å². The summed E-state index contributed by atoms with van der Waals surface area (Å²) in [5.41, 5.74) is 2.11. The van der Waals surface area contributed by atoms with E-state index < -0.39 is 0 Å². The highest BCUT2D eigenvalue weighted by atomic mass is 16.4. The van der Waals surface area contributed by atoms with Gasteiger partial charge >= 0.3 is 0 Å². The standard InChI is InChI=1S/C13H15N3O/c1-9-6-12(7-9)15-11-4-2-10(3-5-11)13-16-14-8-17-13/h2-5,8-9,12,15H,6-7H2,1H3. The minimum absolute atomic E-state index is 0.564. The Morgan fingerprint density at radius 1 is 1.24 bits per heavy atom. The summed E-state index contributed by atoms with van der Waals surface area (Å²) < 4.78 is 5.14. The molecule has 17 heavy (non-hydrogen) atoms. The molecular formula is C13H15N3O. The average molecular weight is 229 g/mol. The first-order chi connectivity index (χ1) is 8.31. The average Bonchev–Trinajstić information content (AvgIpc) is 2.81. The van der Waals surface area contributed by atoms with Crippen molar-refractivity contribution in [3.05, 3.63) is 30.7 Å². The molecule has 1 aliphatic carbocycles. The third-order valence-electron chi connectivity index (χ3n) is 3.24. The molecule has 1 aromatic carbocycles. The first-order valence-corrected chi connectivity index (χ1v) is 5.94. The van der Waals surface area contributed by atoms with Gasteiger partial charge in [-0.1, -0.05) is 6.92 Å². The van der Waals surface area contributed by atoms with Gasteiger partial charge in [0, 0.05) is 17.3 Å². The van der Waals surface area contributed by atoms with E-state index in [9.17, 15) is 0 Å². The van der Waals surface area contributed by atoms with E-state index in [1.54, 1.807) is 0 Å². The number of hydrogen-bond donors (Lipinski definition) is 1. The maximum Gasteiger partial charge on any atom is 0.247 e. The summed E-state index contributed by atoms with van der Waals surface area (Å²) in [5, 5.41) is 11.1. The van der Waals surface area contributed by atoms with Gasteiger partial charge in [-0.3, -0.25) is 0 Å². The van der Waals surface area contributed by atoms with Gasteiger partial charge in [0.05, 0.1) is 0 Å². The van der Waals surface area contributed by atoms with Crippen molar-refractivity contribution in [3.8, 4) is 11.5 Å². The van der Waals surface area contributed by atoms with Crippen molar-refractivity contribution in [3.63, 3.8) is 0 Å². The van der Waals surface area contributed by atoms with Crippen LogP contribution in [0.4, 0.5) is 5.69 Å². The van der Waals surface area contributed by atoms with Crippen LogP contribution in [0, 0.1) is 5.92 Å². The Morgan fingerprint density at radius 3 is 2.59 bits per heavy atom. The molecular weight excluding hydrogens is 214 g/mol. The van der Waals surface area contributed by atoms with Gasteiger partial charge < -0.3 is 9.73 Å². The second kappa shape index (κ2) is 4.20. The normalized spacial score (nSPS) is 23.1. The minimum atomic E-state index is 0.564. The molecule has 1 saturated carbocycles. The van der Waals surface area contributed by atoms with E-state index in [-0.39, 0.29) is 0 Å². The Morgan fingerprint density at radius 2 is 2.00 bits per heavy atom. The molecule has 88 valence electrons. The molecule has 1 aromatic heterocycles. The third kappa shape index (κ3) is 2.16. The molecule has 0 radical (unpaired) electrons. The Hall–Kier alpha value is -1.84. The molecule has 0 amide bonds. The topological polar surface area (TPSA) is 51.0 Å². The van der Waals surface area contributed by atoms with Crippen LogP contribution in [0.3, 0.4) is 0 Å². The summed E-state index contributed by atoms with van der Waals surface area (Å²) in [7, 11) is 0. The zero-order valence-electron chi connectivity index (χ0n) is 9.76. The Balaban J connectivity index is 1.68. The number of hydrogen-bond acceptors (Lipinski definition) is 4. The number of aromatic nitrogens is 2. The second-order valence-electron chi connectivity index (χ2n) is 4.74. The molecule has 2 aromatic rings. The molecule has 1 aliphatic rings. The molecule has 1 fully saturated rings. The largest absolute Gasteiger partial charge is 0.423 e. The smallest absolute Gasteiger partial charge is 0.247 e. The van der Waals surface area contributed by atoms with Crippen LogP contribution in [0.2, 0.25) is 0 Å². The number of benzene rings is 1. The van der Waals surface area contributed by atoms with Crippen molar-refractivity contribution in [2.24, 2.45) is 5.92 Å². The zero-order valence-corrected chi connectivity index (χ0v) is 9.76. The summed E-state index contributed by atoms with van der Waals surface area (Å²) in [6.07, 6.45) is 3.88. The van der Waals surface area contributed by atoms with Crippen LogP contribution >= 0.6 is 0 Å². The molecule has 0 spiro atoms. The highest BCUT2D eigenvalue weighted by Crippen LogP contribution is 2.29. The van der Waals surface area contributed by atoms with E-state index in [1.807, 2.05) is 12.1 Å². The van der Waals surface area contributed by atoms with E-state index in [4.69, 9.17) is 4.42 Å². The Kier molecular flexibility index (Phi) is 2.55. The lowest BCUT2D eigenvalue weighted by molar-refractivity contribution is 0.309. The van der Waals surface area contributed by atoms with Crippen LogP contribution in [0.15, 0.2) is 35.1 Å². The van der Waals surface area contributed by atoms with Gasteiger partial charge in [-0.25, -0.2) is 0 Å². The molecule has 4 heteroatoms. The van der Waals surface area contributed by atoms with E-state index in [2.05, 4.69) is 34.6 Å². The van der Waals surface area contributed by atoms with Crippen molar-refractivity contribution in [2.75, 3.05) is 5.32 Å². The molecule has 0 atom stereocenters. The highest BCUT2D eigenvalue weighted by molar-refractivity contribution is 5.58. The van der Waals surface area contributed by atoms with Crippen molar-refractivity contribution < 1.29 is 4.42 Å². The molecule has 1 N–H and O–H groups in total. The Labute approximate surface area is 100 Å². The fourth-order valence-electron chi connectivity index (χ4n) is 2.26. The summed E-state index contributed by atoms with van der Waals surface area (Å²) in [6.45, 7) is 2.29. The van der Waals surface area contributed by atoms with Gasteiger partial charge in [0.1, 0.15) is 0 Å². The number of anilines is 1. The van der Waals surface area contributed by atoms with Gasteiger partial charge in [-0.15, -0.1) is 10.2 Å². The lowest BCUT2D eigenvalue weighted by atomic mass is 9.82. The number of nitrogens with one attached hydrogen (secondary N) is 1. The molecule has 0 unspecified atom stereocenters. The number of rotatable bonds is 3. The molecule has 0 saturated heterocycles. The van der Waals surface area contributed by atoms with Crippen molar-refractivity contribution in [2.45, 2.75) is 25.8 Å². The fourth-order valence-corrected chi connectivity index (χ4v) is 2.26. The molecule has 4 nitrogen and oxygen atoms in total. The fraction of sp³-hybridized carbons (Fsp3) is 0.385. The maximum absolute atomic E-state index is 5.14. The SMILES string of the molecule is CC1CC(Nc2ccc(-c3nnco3)cc2)C1. The summed E-state index contributed by atoms with van der Waals surface area (Å²) >= 11 is 0.